The van der Waals surface area contributed by atoms with Gasteiger partial charge in [0, 0.05) is 5.56 Å². The molecule has 0 aliphatic rings. The molecule has 0 fully saturated rings. The number of carboxylic acids is 2. The summed E-state index contributed by atoms with van der Waals surface area (Å²) in [5.41, 5.74) is -3.16. The highest BCUT2D eigenvalue weighted by Crippen LogP contribution is 2.32. The van der Waals surface area contributed by atoms with Crippen molar-refractivity contribution in [1.29, 1.82) is 0 Å². The van der Waals surface area contributed by atoms with Gasteiger partial charge in [-0.05, 0) is 13.0 Å². The molecule has 1 unspecified atom stereocenters. The van der Waals surface area contributed by atoms with Crippen molar-refractivity contribution in [2.24, 2.45) is 0 Å². The summed E-state index contributed by atoms with van der Waals surface area (Å²) in [7, 11) is 0. The van der Waals surface area contributed by atoms with Gasteiger partial charge < -0.3 is 20.4 Å². The zero-order valence-electron chi connectivity index (χ0n) is 8.34. The van der Waals surface area contributed by atoms with E-state index in [1.807, 2.05) is 0 Å². The van der Waals surface area contributed by atoms with Crippen LogP contribution < -0.4 is 0 Å². The summed E-state index contributed by atoms with van der Waals surface area (Å²) in [6.07, 6.45) is 0. The molecule has 1 aromatic rings. The monoisotopic (exact) mass is 226 g/mol. The SMILES string of the molecule is CC(O)(C(=O)O)c1cccc(C(=O)O)c1O. The lowest BCUT2D eigenvalue weighted by Gasteiger charge is -2.20. The van der Waals surface area contributed by atoms with Gasteiger partial charge in [-0.25, -0.2) is 9.59 Å². The van der Waals surface area contributed by atoms with E-state index in [0.717, 1.165) is 19.1 Å². The Bertz CT molecular complexity index is 449. The molecule has 86 valence electrons. The van der Waals surface area contributed by atoms with Gasteiger partial charge in [-0.15, -0.1) is 0 Å². The third kappa shape index (κ3) is 1.82. The van der Waals surface area contributed by atoms with Gasteiger partial charge in [-0.2, -0.15) is 0 Å². The van der Waals surface area contributed by atoms with Crippen molar-refractivity contribution in [3.05, 3.63) is 29.3 Å². The number of aliphatic carboxylic acids is 1. The number of aromatic hydroxyl groups is 1. The van der Waals surface area contributed by atoms with Crippen LogP contribution in [0.15, 0.2) is 18.2 Å². The fourth-order valence-corrected chi connectivity index (χ4v) is 1.22. The zero-order chi connectivity index (χ0) is 12.5. The van der Waals surface area contributed by atoms with E-state index < -0.39 is 28.9 Å². The molecule has 0 amide bonds. The van der Waals surface area contributed by atoms with Crippen LogP contribution in [-0.2, 0) is 10.4 Å². The van der Waals surface area contributed by atoms with E-state index in [9.17, 15) is 19.8 Å². The Kier molecular flexibility index (Phi) is 2.86. The van der Waals surface area contributed by atoms with Crippen molar-refractivity contribution < 1.29 is 30.0 Å². The van der Waals surface area contributed by atoms with Crippen molar-refractivity contribution in [1.82, 2.24) is 0 Å². The van der Waals surface area contributed by atoms with Crippen LogP contribution in [0.2, 0.25) is 0 Å². The number of carboxylic acid groups (broad SMARTS) is 2. The van der Waals surface area contributed by atoms with Crippen LogP contribution in [0, 0.1) is 0 Å². The molecule has 0 spiro atoms. The molecule has 1 aromatic carbocycles. The quantitative estimate of drug-likeness (QED) is 0.592. The second kappa shape index (κ2) is 3.82. The lowest BCUT2D eigenvalue weighted by atomic mass is 9.93. The Morgan fingerprint density at radius 3 is 2.25 bits per heavy atom. The van der Waals surface area contributed by atoms with Crippen molar-refractivity contribution in [3.63, 3.8) is 0 Å². The maximum absolute atomic E-state index is 10.7. The number of para-hydroxylation sites is 1. The normalized spacial score (nSPS) is 14.1. The minimum absolute atomic E-state index is 0.361. The van der Waals surface area contributed by atoms with E-state index in [4.69, 9.17) is 10.2 Å². The summed E-state index contributed by atoms with van der Waals surface area (Å²) in [4.78, 5) is 21.4. The molecule has 4 N–H and O–H groups in total. The van der Waals surface area contributed by atoms with Crippen LogP contribution in [0.4, 0.5) is 0 Å². The molecule has 0 aliphatic heterocycles. The van der Waals surface area contributed by atoms with Crippen molar-refractivity contribution >= 4 is 11.9 Å². The molecule has 16 heavy (non-hydrogen) atoms. The third-order valence-electron chi connectivity index (χ3n) is 2.21. The molecule has 0 saturated heterocycles. The molecule has 1 rings (SSSR count). The predicted octanol–water partition coefficient (Wildman–Crippen LogP) is 0.382. The number of aliphatic hydroxyl groups is 1. The topological polar surface area (TPSA) is 115 Å². The highest BCUT2D eigenvalue weighted by molar-refractivity contribution is 5.92. The standard InChI is InChI=1S/C10H10O6/c1-10(16,9(14)15)6-4-2-3-5(7(6)11)8(12)13/h2-4,11,16H,1H3,(H,12,13)(H,14,15). The number of benzene rings is 1. The van der Waals surface area contributed by atoms with E-state index in [1.165, 1.54) is 6.07 Å². The van der Waals surface area contributed by atoms with Gasteiger partial charge >= 0.3 is 11.9 Å². The van der Waals surface area contributed by atoms with Crippen LogP contribution in [0.25, 0.3) is 0 Å². The Labute approximate surface area is 90.4 Å². The van der Waals surface area contributed by atoms with Crippen LogP contribution in [0.1, 0.15) is 22.8 Å². The summed E-state index contributed by atoms with van der Waals surface area (Å²) in [6.45, 7) is 0.954. The van der Waals surface area contributed by atoms with Crippen LogP contribution in [-0.4, -0.2) is 32.4 Å². The Hall–Kier alpha value is -2.08. The first-order valence-electron chi connectivity index (χ1n) is 4.30. The molecular weight excluding hydrogens is 216 g/mol. The van der Waals surface area contributed by atoms with E-state index in [1.54, 1.807) is 0 Å². The van der Waals surface area contributed by atoms with Crippen LogP contribution >= 0.6 is 0 Å². The van der Waals surface area contributed by atoms with Gasteiger partial charge in [-0.1, -0.05) is 12.1 Å². The van der Waals surface area contributed by atoms with E-state index in [2.05, 4.69) is 0 Å². The second-order valence-corrected chi connectivity index (χ2v) is 3.38. The van der Waals surface area contributed by atoms with Gasteiger partial charge in [0.05, 0.1) is 0 Å². The molecule has 0 aromatic heterocycles. The average Bonchev–Trinajstić information content (AvgIpc) is 2.16. The molecule has 0 heterocycles. The number of hydrogen-bond donors (Lipinski definition) is 4. The first-order chi connectivity index (χ1) is 7.28. The maximum atomic E-state index is 10.7. The van der Waals surface area contributed by atoms with E-state index >= 15 is 0 Å². The lowest BCUT2D eigenvalue weighted by molar-refractivity contribution is -0.157. The average molecular weight is 226 g/mol. The highest BCUT2D eigenvalue weighted by Gasteiger charge is 2.36. The second-order valence-electron chi connectivity index (χ2n) is 3.38. The smallest absolute Gasteiger partial charge is 0.340 e. The summed E-state index contributed by atoms with van der Waals surface area (Å²) >= 11 is 0. The van der Waals surface area contributed by atoms with Crippen LogP contribution in [0.5, 0.6) is 5.75 Å². The third-order valence-corrected chi connectivity index (χ3v) is 2.21. The first-order valence-corrected chi connectivity index (χ1v) is 4.30. The Morgan fingerprint density at radius 1 is 1.25 bits per heavy atom. The van der Waals surface area contributed by atoms with Crippen LogP contribution in [0.3, 0.4) is 0 Å². The van der Waals surface area contributed by atoms with Gasteiger partial charge in [0.2, 0.25) is 0 Å². The minimum Gasteiger partial charge on any atom is -0.507 e. The number of carbonyl (C=O) groups is 2. The summed E-state index contributed by atoms with van der Waals surface area (Å²) in [5.74, 6) is -3.73. The number of phenols is 1. The van der Waals surface area contributed by atoms with Gasteiger partial charge in [0.25, 0.3) is 0 Å². The fourth-order valence-electron chi connectivity index (χ4n) is 1.22. The van der Waals surface area contributed by atoms with Crippen molar-refractivity contribution in [2.75, 3.05) is 0 Å². The molecule has 0 radical (unpaired) electrons. The molecular formula is C10H10O6. The molecule has 1 atom stereocenters. The van der Waals surface area contributed by atoms with Gasteiger partial charge in [0.1, 0.15) is 11.3 Å². The fraction of sp³-hybridized carbons (Fsp3) is 0.200. The highest BCUT2D eigenvalue weighted by atomic mass is 16.4. The van der Waals surface area contributed by atoms with Crippen molar-refractivity contribution in [3.8, 4) is 5.75 Å². The molecule has 0 saturated carbocycles. The summed E-state index contributed by atoms with van der Waals surface area (Å²) in [6, 6.07) is 3.50. The van der Waals surface area contributed by atoms with E-state index in [-0.39, 0.29) is 5.56 Å². The molecule has 0 aliphatic carbocycles. The zero-order valence-corrected chi connectivity index (χ0v) is 8.34. The largest absolute Gasteiger partial charge is 0.507 e. The predicted molar refractivity (Wildman–Crippen MR) is 52.3 cm³/mol. The molecule has 6 heteroatoms. The summed E-state index contributed by atoms with van der Waals surface area (Å²) < 4.78 is 0. The Morgan fingerprint density at radius 2 is 1.81 bits per heavy atom. The van der Waals surface area contributed by atoms with Crippen molar-refractivity contribution in [2.45, 2.75) is 12.5 Å². The maximum Gasteiger partial charge on any atom is 0.340 e. The number of aromatic carboxylic acids is 1. The Balaban J connectivity index is 3.42. The lowest BCUT2D eigenvalue weighted by Crippen LogP contribution is -2.32. The van der Waals surface area contributed by atoms with Gasteiger partial charge in [-0.3, -0.25) is 0 Å². The summed E-state index contributed by atoms with van der Waals surface area (Å²) in [5, 5.41) is 36.6. The minimum atomic E-state index is -2.34. The number of rotatable bonds is 3. The van der Waals surface area contributed by atoms with Gasteiger partial charge in [0.15, 0.2) is 5.60 Å². The van der Waals surface area contributed by atoms with E-state index in [0.29, 0.717) is 0 Å². The molecule has 6 nitrogen and oxygen atoms in total. The molecule has 0 bridgehead atoms. The first kappa shape index (κ1) is 12.0. The number of hydrogen-bond acceptors (Lipinski definition) is 4.